The predicted molar refractivity (Wildman–Crippen MR) is 69.2 cm³/mol. The minimum absolute atomic E-state index is 0.309. The van der Waals surface area contributed by atoms with Crippen molar-refractivity contribution in [3.05, 3.63) is 36.0 Å². The van der Waals surface area contributed by atoms with Crippen molar-refractivity contribution in [1.29, 1.82) is 0 Å². The number of hydrogen-bond donors (Lipinski definition) is 2. The molecule has 2 aromatic rings. The summed E-state index contributed by atoms with van der Waals surface area (Å²) in [4.78, 5) is 25.0. The Morgan fingerprint density at radius 2 is 2.11 bits per heavy atom. The number of benzene rings is 1. The molecule has 0 saturated heterocycles. The van der Waals surface area contributed by atoms with E-state index in [1.54, 1.807) is 0 Å². The standard InChI is InChI=1S/C14H16N2O3/c1-9(17)16-13(14(18)19)7-6-10-8-15-12-5-3-2-4-11(10)12/h2-5,8,13,15H,6-7H2,1H3,(H,16,17)(H,18,19)/p-1/t13-/m1/s1. The van der Waals surface area contributed by atoms with E-state index in [-0.39, 0.29) is 5.91 Å². The molecule has 0 aliphatic carbocycles. The van der Waals surface area contributed by atoms with E-state index in [1.165, 1.54) is 6.92 Å². The summed E-state index contributed by atoms with van der Waals surface area (Å²) < 4.78 is 0. The maximum atomic E-state index is 10.9. The van der Waals surface area contributed by atoms with Gasteiger partial charge in [-0.2, -0.15) is 0 Å². The SMILES string of the molecule is CC(=O)N[C@H](CCc1c[nH]c2ccccc12)C(=O)[O-]. The van der Waals surface area contributed by atoms with Gasteiger partial charge in [0.25, 0.3) is 0 Å². The molecule has 100 valence electrons. The molecule has 0 fully saturated rings. The normalized spacial score (nSPS) is 12.3. The van der Waals surface area contributed by atoms with Gasteiger partial charge in [0.1, 0.15) is 0 Å². The van der Waals surface area contributed by atoms with Crippen LogP contribution in [0.3, 0.4) is 0 Å². The maximum absolute atomic E-state index is 10.9. The second kappa shape index (κ2) is 5.56. The van der Waals surface area contributed by atoms with Gasteiger partial charge < -0.3 is 20.2 Å². The van der Waals surface area contributed by atoms with Crippen LogP contribution in [0.1, 0.15) is 18.9 Å². The molecule has 0 radical (unpaired) electrons. The molecule has 0 aliphatic rings. The van der Waals surface area contributed by atoms with Crippen LogP contribution in [0.5, 0.6) is 0 Å². The lowest BCUT2D eigenvalue weighted by Crippen LogP contribution is -2.47. The van der Waals surface area contributed by atoms with Crippen LogP contribution in [0, 0.1) is 0 Å². The van der Waals surface area contributed by atoms with Gasteiger partial charge in [-0.25, -0.2) is 0 Å². The minimum atomic E-state index is -1.25. The first-order valence-corrected chi connectivity index (χ1v) is 6.11. The molecule has 1 amide bonds. The number of hydrogen-bond acceptors (Lipinski definition) is 3. The van der Waals surface area contributed by atoms with Crippen LogP contribution in [-0.2, 0) is 16.0 Å². The highest BCUT2D eigenvalue weighted by Gasteiger charge is 2.12. The first-order valence-electron chi connectivity index (χ1n) is 6.11. The van der Waals surface area contributed by atoms with E-state index in [9.17, 15) is 14.7 Å². The van der Waals surface area contributed by atoms with Crippen LogP contribution >= 0.6 is 0 Å². The second-order valence-corrected chi connectivity index (χ2v) is 4.47. The quantitative estimate of drug-likeness (QED) is 0.812. The Hall–Kier alpha value is -2.30. The summed E-state index contributed by atoms with van der Waals surface area (Å²) in [5, 5.41) is 14.4. The van der Waals surface area contributed by atoms with E-state index >= 15 is 0 Å². The van der Waals surface area contributed by atoms with Crippen LogP contribution in [-0.4, -0.2) is 22.9 Å². The van der Waals surface area contributed by atoms with E-state index in [1.807, 2.05) is 30.5 Å². The zero-order chi connectivity index (χ0) is 13.8. The summed E-state index contributed by atoms with van der Waals surface area (Å²) in [7, 11) is 0. The number of H-pyrrole nitrogens is 1. The van der Waals surface area contributed by atoms with Crippen LogP contribution in [0.2, 0.25) is 0 Å². The third kappa shape index (κ3) is 3.13. The van der Waals surface area contributed by atoms with Crippen LogP contribution in [0.25, 0.3) is 10.9 Å². The molecule has 1 aromatic carbocycles. The number of amides is 1. The number of carbonyl (C=O) groups excluding carboxylic acids is 2. The molecule has 0 unspecified atom stereocenters. The van der Waals surface area contributed by atoms with Crippen molar-refractivity contribution < 1.29 is 14.7 Å². The van der Waals surface area contributed by atoms with Gasteiger partial charge in [-0.15, -0.1) is 0 Å². The van der Waals surface area contributed by atoms with Crippen molar-refractivity contribution in [2.75, 3.05) is 0 Å². The molecular weight excluding hydrogens is 244 g/mol. The fraction of sp³-hybridized carbons (Fsp3) is 0.286. The number of nitrogens with one attached hydrogen (secondary N) is 2. The Morgan fingerprint density at radius 3 is 2.79 bits per heavy atom. The van der Waals surface area contributed by atoms with Gasteiger partial charge in [0.05, 0.1) is 12.0 Å². The molecule has 2 rings (SSSR count). The van der Waals surface area contributed by atoms with E-state index in [0.29, 0.717) is 12.8 Å². The summed E-state index contributed by atoms with van der Waals surface area (Å²) >= 11 is 0. The molecular formula is C14H15N2O3-. The Morgan fingerprint density at radius 1 is 1.37 bits per heavy atom. The fourth-order valence-corrected chi connectivity index (χ4v) is 2.13. The van der Waals surface area contributed by atoms with Gasteiger partial charge in [-0.1, -0.05) is 18.2 Å². The lowest BCUT2D eigenvalue weighted by atomic mass is 10.0. The first kappa shape index (κ1) is 13.1. The average molecular weight is 259 g/mol. The van der Waals surface area contributed by atoms with Crippen molar-refractivity contribution >= 4 is 22.8 Å². The number of carboxylic acids is 1. The van der Waals surface area contributed by atoms with Gasteiger partial charge in [-0.3, -0.25) is 4.79 Å². The van der Waals surface area contributed by atoms with Crippen molar-refractivity contribution in [3.8, 4) is 0 Å². The smallest absolute Gasteiger partial charge is 0.217 e. The molecule has 0 saturated carbocycles. The van der Waals surface area contributed by atoms with E-state index in [4.69, 9.17) is 0 Å². The second-order valence-electron chi connectivity index (χ2n) is 4.47. The highest BCUT2D eigenvalue weighted by molar-refractivity contribution is 5.83. The molecule has 2 N–H and O–H groups in total. The summed E-state index contributed by atoms with van der Waals surface area (Å²) in [5.74, 6) is -1.62. The van der Waals surface area contributed by atoms with Crippen molar-refractivity contribution in [2.24, 2.45) is 0 Å². The number of aryl methyl sites for hydroxylation is 1. The molecule has 0 bridgehead atoms. The zero-order valence-corrected chi connectivity index (χ0v) is 10.6. The largest absolute Gasteiger partial charge is 0.548 e. The lowest BCUT2D eigenvalue weighted by molar-refractivity contribution is -0.308. The average Bonchev–Trinajstić information content (AvgIpc) is 2.77. The van der Waals surface area contributed by atoms with Gasteiger partial charge in [0.2, 0.25) is 5.91 Å². The third-order valence-corrected chi connectivity index (χ3v) is 3.04. The minimum Gasteiger partial charge on any atom is -0.548 e. The van der Waals surface area contributed by atoms with Crippen LogP contribution in [0.15, 0.2) is 30.5 Å². The number of carboxylic acid groups (broad SMARTS) is 1. The number of aromatic amines is 1. The number of aromatic nitrogens is 1. The van der Waals surface area contributed by atoms with E-state index in [2.05, 4.69) is 10.3 Å². The number of para-hydroxylation sites is 1. The van der Waals surface area contributed by atoms with Crippen molar-refractivity contribution in [1.82, 2.24) is 10.3 Å². The fourth-order valence-electron chi connectivity index (χ4n) is 2.13. The van der Waals surface area contributed by atoms with Crippen LogP contribution < -0.4 is 10.4 Å². The summed E-state index contributed by atoms with van der Waals surface area (Å²) in [6.45, 7) is 1.29. The van der Waals surface area contributed by atoms with Crippen molar-refractivity contribution in [3.63, 3.8) is 0 Å². The van der Waals surface area contributed by atoms with E-state index < -0.39 is 12.0 Å². The van der Waals surface area contributed by atoms with Crippen molar-refractivity contribution in [2.45, 2.75) is 25.8 Å². The number of carbonyl (C=O) groups is 2. The van der Waals surface area contributed by atoms with Gasteiger partial charge in [0, 0.05) is 24.0 Å². The van der Waals surface area contributed by atoms with Gasteiger partial charge in [-0.05, 0) is 24.5 Å². The Labute approximate surface area is 110 Å². The van der Waals surface area contributed by atoms with Gasteiger partial charge in [0.15, 0.2) is 0 Å². The van der Waals surface area contributed by atoms with Gasteiger partial charge >= 0.3 is 0 Å². The lowest BCUT2D eigenvalue weighted by Gasteiger charge is -2.18. The molecule has 1 aromatic heterocycles. The maximum Gasteiger partial charge on any atom is 0.217 e. The highest BCUT2D eigenvalue weighted by atomic mass is 16.4. The molecule has 5 nitrogen and oxygen atoms in total. The molecule has 5 heteroatoms. The predicted octanol–water partition coefficient (Wildman–Crippen LogP) is 0.355. The zero-order valence-electron chi connectivity index (χ0n) is 10.6. The molecule has 19 heavy (non-hydrogen) atoms. The summed E-state index contributed by atoms with van der Waals surface area (Å²) in [6.07, 6.45) is 2.73. The summed E-state index contributed by atoms with van der Waals surface area (Å²) in [6, 6.07) is 6.86. The molecule has 0 spiro atoms. The topological polar surface area (TPSA) is 85.0 Å². The molecule has 1 atom stereocenters. The molecule has 1 heterocycles. The Bertz CT molecular complexity index is 604. The Balaban J connectivity index is 2.08. The molecule has 0 aliphatic heterocycles. The first-order chi connectivity index (χ1) is 9.08. The third-order valence-electron chi connectivity index (χ3n) is 3.04. The van der Waals surface area contributed by atoms with E-state index in [0.717, 1.165) is 16.5 Å². The van der Waals surface area contributed by atoms with Crippen LogP contribution in [0.4, 0.5) is 0 Å². The summed E-state index contributed by atoms with van der Waals surface area (Å²) in [5.41, 5.74) is 2.05. The number of rotatable bonds is 5. The highest BCUT2D eigenvalue weighted by Crippen LogP contribution is 2.19. The number of fused-ring (bicyclic) bond motifs is 1. The number of aliphatic carboxylic acids is 1. The monoisotopic (exact) mass is 259 g/mol. The Kier molecular flexibility index (Phi) is 3.85.